The van der Waals surface area contributed by atoms with E-state index >= 15 is 0 Å². The van der Waals surface area contributed by atoms with Gasteiger partial charge in [0, 0.05) is 39.3 Å². The quantitative estimate of drug-likeness (QED) is 0.827. The van der Waals surface area contributed by atoms with Crippen LogP contribution in [0.25, 0.3) is 0 Å². The highest BCUT2D eigenvalue weighted by Gasteiger charge is 2.21. The van der Waals surface area contributed by atoms with Crippen molar-refractivity contribution in [1.82, 2.24) is 9.88 Å². The molecule has 1 aliphatic rings. The van der Waals surface area contributed by atoms with Crippen LogP contribution in [0.2, 0.25) is 0 Å². The van der Waals surface area contributed by atoms with Crippen molar-refractivity contribution >= 4 is 28.9 Å². The third-order valence-electron chi connectivity index (χ3n) is 3.63. The summed E-state index contributed by atoms with van der Waals surface area (Å²) in [5, 5.41) is 0. The summed E-state index contributed by atoms with van der Waals surface area (Å²) in [6.07, 6.45) is 2.70. The van der Waals surface area contributed by atoms with E-state index in [1.54, 1.807) is 13.1 Å². The fourth-order valence-electron chi connectivity index (χ4n) is 2.53. The molecule has 1 amide bonds. The zero-order valence-electron chi connectivity index (χ0n) is 11.9. The van der Waals surface area contributed by atoms with E-state index < -0.39 is 0 Å². The molecule has 1 aromatic rings. The minimum absolute atomic E-state index is 0.124. The summed E-state index contributed by atoms with van der Waals surface area (Å²) in [5.41, 5.74) is 7.72. The van der Waals surface area contributed by atoms with E-state index in [9.17, 15) is 4.79 Å². The van der Waals surface area contributed by atoms with E-state index in [2.05, 4.69) is 9.88 Å². The van der Waals surface area contributed by atoms with Crippen LogP contribution in [0.1, 0.15) is 24.5 Å². The highest BCUT2D eigenvalue weighted by atomic mass is 32.1. The Balaban J connectivity index is 2.26. The summed E-state index contributed by atoms with van der Waals surface area (Å²) in [6.45, 7) is 6.71. The van der Waals surface area contributed by atoms with Crippen molar-refractivity contribution in [2.24, 2.45) is 5.73 Å². The zero-order chi connectivity index (χ0) is 14.7. The SMILES string of the molecule is CC(=O)N1CCCN(c2nccc(C)c2C(N)=S)CC1. The Morgan fingerprint density at radius 1 is 1.35 bits per heavy atom. The minimum Gasteiger partial charge on any atom is -0.389 e. The Hall–Kier alpha value is -1.69. The monoisotopic (exact) mass is 292 g/mol. The second kappa shape index (κ2) is 6.17. The highest BCUT2D eigenvalue weighted by Crippen LogP contribution is 2.22. The number of carbonyl (C=O) groups is 1. The summed E-state index contributed by atoms with van der Waals surface area (Å²) in [5.74, 6) is 0.960. The highest BCUT2D eigenvalue weighted by molar-refractivity contribution is 7.80. The maximum absolute atomic E-state index is 11.5. The summed E-state index contributed by atoms with van der Waals surface area (Å²) >= 11 is 5.15. The van der Waals surface area contributed by atoms with Crippen LogP contribution in [0.4, 0.5) is 5.82 Å². The van der Waals surface area contributed by atoms with E-state index in [1.165, 1.54) is 0 Å². The third-order valence-corrected chi connectivity index (χ3v) is 3.83. The van der Waals surface area contributed by atoms with E-state index in [1.807, 2.05) is 17.9 Å². The summed E-state index contributed by atoms with van der Waals surface area (Å²) in [6, 6.07) is 1.91. The molecule has 0 unspecified atom stereocenters. The van der Waals surface area contributed by atoms with Crippen LogP contribution in [-0.2, 0) is 4.79 Å². The van der Waals surface area contributed by atoms with Gasteiger partial charge in [0.2, 0.25) is 5.91 Å². The summed E-state index contributed by atoms with van der Waals surface area (Å²) < 4.78 is 0. The van der Waals surface area contributed by atoms with E-state index in [0.29, 0.717) is 11.5 Å². The molecule has 0 aliphatic carbocycles. The number of hydrogen-bond acceptors (Lipinski definition) is 4. The molecule has 2 rings (SSSR count). The Kier molecular flexibility index (Phi) is 4.54. The van der Waals surface area contributed by atoms with E-state index in [0.717, 1.165) is 43.0 Å². The minimum atomic E-state index is 0.124. The molecule has 1 aliphatic heterocycles. The summed E-state index contributed by atoms with van der Waals surface area (Å²) in [4.78, 5) is 20.3. The van der Waals surface area contributed by atoms with E-state index in [4.69, 9.17) is 18.0 Å². The van der Waals surface area contributed by atoms with Gasteiger partial charge in [-0.3, -0.25) is 4.79 Å². The first-order valence-electron chi connectivity index (χ1n) is 6.76. The number of hydrogen-bond donors (Lipinski definition) is 1. The number of thiocarbonyl (C=S) groups is 1. The molecular weight excluding hydrogens is 272 g/mol. The van der Waals surface area contributed by atoms with Crippen LogP contribution < -0.4 is 10.6 Å². The second-order valence-corrected chi connectivity index (χ2v) is 5.48. The molecule has 2 heterocycles. The van der Waals surface area contributed by atoms with Crippen LogP contribution in [0.15, 0.2) is 12.3 Å². The standard InChI is InChI=1S/C14H20N4OS/c1-10-4-5-16-14(12(10)13(15)20)18-7-3-6-17(8-9-18)11(2)19/h4-5H,3,6-9H2,1-2H3,(H2,15,20). The average Bonchev–Trinajstić information content (AvgIpc) is 2.63. The molecule has 108 valence electrons. The number of aryl methyl sites for hydroxylation is 1. The molecule has 0 bridgehead atoms. The molecule has 6 heteroatoms. The first kappa shape index (κ1) is 14.7. The lowest BCUT2D eigenvalue weighted by Gasteiger charge is -2.25. The first-order valence-corrected chi connectivity index (χ1v) is 7.17. The fraction of sp³-hybridized carbons (Fsp3) is 0.500. The average molecular weight is 292 g/mol. The Labute approximate surface area is 124 Å². The van der Waals surface area contributed by atoms with Gasteiger partial charge in [-0.2, -0.15) is 0 Å². The van der Waals surface area contributed by atoms with Crippen molar-refractivity contribution in [3.05, 3.63) is 23.4 Å². The molecule has 0 radical (unpaired) electrons. The molecule has 1 fully saturated rings. The molecule has 0 atom stereocenters. The van der Waals surface area contributed by atoms with Crippen molar-refractivity contribution in [1.29, 1.82) is 0 Å². The molecule has 0 saturated carbocycles. The second-order valence-electron chi connectivity index (χ2n) is 5.04. The molecule has 2 N–H and O–H groups in total. The zero-order valence-corrected chi connectivity index (χ0v) is 12.7. The molecule has 1 aromatic heterocycles. The Morgan fingerprint density at radius 2 is 2.10 bits per heavy atom. The lowest BCUT2D eigenvalue weighted by molar-refractivity contribution is -0.128. The number of rotatable bonds is 2. The lowest BCUT2D eigenvalue weighted by Crippen LogP contribution is -2.34. The topological polar surface area (TPSA) is 62.5 Å². The number of anilines is 1. The first-order chi connectivity index (χ1) is 9.50. The smallest absolute Gasteiger partial charge is 0.219 e. The van der Waals surface area contributed by atoms with Crippen molar-refractivity contribution in [3.8, 4) is 0 Å². The molecule has 1 saturated heterocycles. The van der Waals surface area contributed by atoms with Gasteiger partial charge < -0.3 is 15.5 Å². The van der Waals surface area contributed by atoms with Crippen LogP contribution in [-0.4, -0.2) is 47.0 Å². The number of carbonyl (C=O) groups excluding carboxylic acids is 1. The van der Waals surface area contributed by atoms with Gasteiger partial charge in [-0.1, -0.05) is 12.2 Å². The van der Waals surface area contributed by atoms with Crippen molar-refractivity contribution in [2.75, 3.05) is 31.1 Å². The van der Waals surface area contributed by atoms with Crippen molar-refractivity contribution in [2.45, 2.75) is 20.3 Å². The largest absolute Gasteiger partial charge is 0.389 e. The number of nitrogens with zero attached hydrogens (tertiary/aromatic N) is 3. The van der Waals surface area contributed by atoms with Gasteiger partial charge in [-0.15, -0.1) is 0 Å². The molecule has 20 heavy (non-hydrogen) atoms. The molecule has 5 nitrogen and oxygen atoms in total. The predicted molar refractivity (Wildman–Crippen MR) is 83.9 cm³/mol. The van der Waals surface area contributed by atoms with Gasteiger partial charge in [0.05, 0.1) is 5.56 Å². The maximum Gasteiger partial charge on any atom is 0.219 e. The van der Waals surface area contributed by atoms with Crippen molar-refractivity contribution < 1.29 is 4.79 Å². The van der Waals surface area contributed by atoms with Gasteiger partial charge in [-0.05, 0) is 25.0 Å². The van der Waals surface area contributed by atoms with Gasteiger partial charge in [0.15, 0.2) is 0 Å². The molecular formula is C14H20N4OS. The van der Waals surface area contributed by atoms with Crippen LogP contribution in [0, 0.1) is 6.92 Å². The van der Waals surface area contributed by atoms with Crippen molar-refractivity contribution in [3.63, 3.8) is 0 Å². The molecule has 0 aromatic carbocycles. The van der Waals surface area contributed by atoms with Crippen LogP contribution in [0.5, 0.6) is 0 Å². The van der Waals surface area contributed by atoms with Gasteiger partial charge in [-0.25, -0.2) is 4.98 Å². The normalized spacial score (nSPS) is 15.9. The predicted octanol–water partition coefficient (Wildman–Crippen LogP) is 1.08. The maximum atomic E-state index is 11.5. The van der Waals surface area contributed by atoms with Gasteiger partial charge in [0.1, 0.15) is 10.8 Å². The van der Waals surface area contributed by atoms with Gasteiger partial charge in [0.25, 0.3) is 0 Å². The number of nitrogens with two attached hydrogens (primary N) is 1. The van der Waals surface area contributed by atoms with E-state index in [-0.39, 0.29) is 5.91 Å². The Bertz CT molecular complexity index is 532. The lowest BCUT2D eigenvalue weighted by atomic mass is 10.1. The summed E-state index contributed by atoms with van der Waals surface area (Å²) in [7, 11) is 0. The number of aromatic nitrogens is 1. The third kappa shape index (κ3) is 3.07. The van der Waals surface area contributed by atoms with Gasteiger partial charge >= 0.3 is 0 Å². The number of pyridine rings is 1. The Morgan fingerprint density at radius 3 is 2.75 bits per heavy atom. The van der Waals surface area contributed by atoms with Crippen LogP contribution >= 0.6 is 12.2 Å². The molecule has 0 spiro atoms. The van der Waals surface area contributed by atoms with Crippen LogP contribution in [0.3, 0.4) is 0 Å². The fourth-order valence-corrected chi connectivity index (χ4v) is 2.78. The number of amides is 1.